The zero-order valence-electron chi connectivity index (χ0n) is 17.2. The van der Waals surface area contributed by atoms with E-state index >= 15 is 0 Å². The Bertz CT molecular complexity index is 1000. The number of nitrogens with zero attached hydrogens (tertiary/aromatic N) is 4. The van der Waals surface area contributed by atoms with E-state index in [1.807, 2.05) is 48.5 Å². The Morgan fingerprint density at radius 1 is 0.933 bits per heavy atom. The average Bonchev–Trinajstić information content (AvgIpc) is 3.28. The number of fused-ring (bicyclic) bond motifs is 1. The first-order chi connectivity index (χ1) is 14.7. The highest BCUT2D eigenvalue weighted by molar-refractivity contribution is 5.93. The summed E-state index contributed by atoms with van der Waals surface area (Å²) in [6, 6.07) is 15.4. The average molecular weight is 408 g/mol. The largest absolute Gasteiger partial charge is 0.497 e. The molecule has 0 fully saturated rings. The Morgan fingerprint density at radius 2 is 1.50 bits per heavy atom. The van der Waals surface area contributed by atoms with Crippen molar-refractivity contribution in [3.8, 4) is 11.5 Å². The Hall–Kier alpha value is -3.39. The molecule has 0 unspecified atom stereocenters. The fourth-order valence-electron chi connectivity index (χ4n) is 3.89. The third-order valence-corrected chi connectivity index (χ3v) is 5.36. The van der Waals surface area contributed by atoms with Gasteiger partial charge in [0.25, 0.3) is 5.91 Å². The van der Waals surface area contributed by atoms with Gasteiger partial charge in [-0.1, -0.05) is 24.3 Å². The van der Waals surface area contributed by atoms with Crippen molar-refractivity contribution in [2.45, 2.75) is 18.5 Å². The second-order valence-corrected chi connectivity index (χ2v) is 7.01. The molecule has 0 aliphatic carbocycles. The monoisotopic (exact) mass is 408 g/mol. The van der Waals surface area contributed by atoms with Crippen LogP contribution in [0, 0.1) is 0 Å². The number of hydrogen-bond acceptors (Lipinski definition) is 6. The molecule has 0 bridgehead atoms. The normalized spacial score (nSPS) is 18.0. The van der Waals surface area contributed by atoms with Crippen molar-refractivity contribution >= 4 is 11.9 Å². The van der Waals surface area contributed by atoms with Gasteiger partial charge in [0.05, 0.1) is 26.3 Å². The summed E-state index contributed by atoms with van der Waals surface area (Å²) in [5, 5.41) is 4.43. The van der Waals surface area contributed by atoms with E-state index < -0.39 is 0 Å². The van der Waals surface area contributed by atoms with Gasteiger partial charge < -0.3 is 14.2 Å². The molecule has 8 heteroatoms. The third kappa shape index (κ3) is 3.61. The highest BCUT2D eigenvalue weighted by Crippen LogP contribution is 2.42. The summed E-state index contributed by atoms with van der Waals surface area (Å²) in [5.74, 6) is 1.89. The van der Waals surface area contributed by atoms with E-state index in [2.05, 4.69) is 10.1 Å². The minimum absolute atomic E-state index is 0.0350. The molecule has 1 aliphatic heterocycles. The van der Waals surface area contributed by atoms with Gasteiger partial charge in [-0.2, -0.15) is 10.1 Å². The fraction of sp³-hybridized carbons (Fsp3) is 0.318. The van der Waals surface area contributed by atoms with Crippen LogP contribution in [-0.2, 0) is 9.53 Å². The lowest BCUT2D eigenvalue weighted by atomic mass is 9.92. The van der Waals surface area contributed by atoms with Gasteiger partial charge in [-0.15, -0.1) is 0 Å². The van der Waals surface area contributed by atoms with Gasteiger partial charge in [-0.3, -0.25) is 9.69 Å². The van der Waals surface area contributed by atoms with Crippen LogP contribution >= 0.6 is 0 Å². The Kier molecular flexibility index (Phi) is 5.67. The molecule has 8 nitrogen and oxygen atoms in total. The van der Waals surface area contributed by atoms with Crippen molar-refractivity contribution in [3.63, 3.8) is 0 Å². The minimum atomic E-state index is -0.220. The fourth-order valence-corrected chi connectivity index (χ4v) is 3.89. The molecule has 2 atom stereocenters. The summed E-state index contributed by atoms with van der Waals surface area (Å²) in [5.41, 5.74) is 2.06. The second kappa shape index (κ2) is 8.54. The van der Waals surface area contributed by atoms with E-state index in [1.165, 1.54) is 13.4 Å². The van der Waals surface area contributed by atoms with Gasteiger partial charge in [-0.05, 0) is 41.8 Å². The van der Waals surface area contributed by atoms with Crippen LogP contribution in [0.25, 0.3) is 0 Å². The third-order valence-electron chi connectivity index (χ3n) is 5.36. The molecule has 156 valence electrons. The van der Waals surface area contributed by atoms with Crippen LogP contribution in [0.1, 0.15) is 29.6 Å². The molecule has 1 aliphatic rings. The lowest BCUT2D eigenvalue weighted by Crippen LogP contribution is -2.44. The van der Waals surface area contributed by atoms with Crippen molar-refractivity contribution in [3.05, 3.63) is 66.0 Å². The predicted molar refractivity (Wildman–Crippen MR) is 111 cm³/mol. The van der Waals surface area contributed by atoms with Crippen molar-refractivity contribution in [2.75, 3.05) is 32.8 Å². The number of carbonyl (C=O) groups excluding carboxylic acids is 1. The first kappa shape index (κ1) is 19.9. The molecule has 0 radical (unpaired) electrons. The highest BCUT2D eigenvalue weighted by Gasteiger charge is 2.39. The number of hydrogen-bond donors (Lipinski definition) is 0. The van der Waals surface area contributed by atoms with Gasteiger partial charge in [-0.25, -0.2) is 4.68 Å². The summed E-state index contributed by atoms with van der Waals surface area (Å²) in [4.78, 5) is 19.1. The summed E-state index contributed by atoms with van der Waals surface area (Å²) >= 11 is 0. The maximum absolute atomic E-state index is 13.0. The lowest BCUT2D eigenvalue weighted by molar-refractivity contribution is -0.123. The van der Waals surface area contributed by atoms with E-state index in [4.69, 9.17) is 14.2 Å². The molecule has 0 saturated heterocycles. The molecule has 4 rings (SSSR count). The highest BCUT2D eigenvalue weighted by atomic mass is 16.5. The van der Waals surface area contributed by atoms with E-state index in [0.29, 0.717) is 12.4 Å². The minimum Gasteiger partial charge on any atom is -0.497 e. The quantitative estimate of drug-likeness (QED) is 0.624. The number of anilines is 1. The zero-order valence-corrected chi connectivity index (χ0v) is 17.2. The number of ether oxygens (including phenoxy) is 3. The van der Waals surface area contributed by atoms with E-state index in [1.54, 1.807) is 23.8 Å². The number of methoxy groups -OCH3 is 3. The summed E-state index contributed by atoms with van der Waals surface area (Å²) in [6.45, 7) is -0.0350. The Balaban J connectivity index is 1.78. The Labute approximate surface area is 175 Å². The van der Waals surface area contributed by atoms with Crippen LogP contribution in [0.2, 0.25) is 0 Å². The lowest BCUT2D eigenvalue weighted by Gasteiger charge is -2.39. The molecule has 1 amide bonds. The van der Waals surface area contributed by atoms with Gasteiger partial charge in [0, 0.05) is 7.11 Å². The van der Waals surface area contributed by atoms with Crippen LogP contribution in [0.15, 0.2) is 54.9 Å². The molecule has 0 spiro atoms. The molecule has 3 aromatic rings. The molecular formula is C22H24N4O4. The standard InChI is InChI=1S/C22H24N4O4/c1-28-13-21(27)25-19(15-4-8-17(29-2)9-5-15)12-20(26-22(25)23-14-24-26)16-6-10-18(30-3)11-7-16/h4-11,14,19-20H,12-13H2,1-3H3/t19-,20+/m1/s1. The molecule has 0 N–H and O–H groups in total. The number of amides is 1. The number of aromatic nitrogens is 3. The number of carbonyl (C=O) groups is 1. The maximum Gasteiger partial charge on any atom is 0.255 e. The first-order valence-corrected chi connectivity index (χ1v) is 9.64. The van der Waals surface area contributed by atoms with Crippen molar-refractivity contribution in [2.24, 2.45) is 0 Å². The molecule has 0 saturated carbocycles. The summed E-state index contributed by atoms with van der Waals surface area (Å²) < 4.78 is 17.5. The van der Waals surface area contributed by atoms with Crippen LogP contribution in [0.3, 0.4) is 0 Å². The molecular weight excluding hydrogens is 384 g/mol. The second-order valence-electron chi connectivity index (χ2n) is 7.01. The zero-order chi connectivity index (χ0) is 21.1. The van der Waals surface area contributed by atoms with Crippen LogP contribution < -0.4 is 14.4 Å². The Morgan fingerprint density at radius 3 is 2.03 bits per heavy atom. The molecule has 30 heavy (non-hydrogen) atoms. The van der Waals surface area contributed by atoms with Gasteiger partial charge in [0.15, 0.2) is 0 Å². The van der Waals surface area contributed by atoms with E-state index in [0.717, 1.165) is 22.6 Å². The number of rotatable bonds is 6. The van der Waals surface area contributed by atoms with Crippen molar-refractivity contribution < 1.29 is 19.0 Å². The molecule has 1 aromatic heterocycles. The van der Waals surface area contributed by atoms with Crippen molar-refractivity contribution in [1.29, 1.82) is 0 Å². The smallest absolute Gasteiger partial charge is 0.255 e. The molecule has 2 heterocycles. The van der Waals surface area contributed by atoms with Crippen LogP contribution in [0.5, 0.6) is 11.5 Å². The van der Waals surface area contributed by atoms with Gasteiger partial charge >= 0.3 is 0 Å². The topological polar surface area (TPSA) is 78.7 Å². The van der Waals surface area contributed by atoms with Gasteiger partial charge in [0.2, 0.25) is 5.95 Å². The molecule has 2 aromatic carbocycles. The maximum atomic E-state index is 13.0. The van der Waals surface area contributed by atoms with Crippen molar-refractivity contribution in [1.82, 2.24) is 14.8 Å². The first-order valence-electron chi connectivity index (χ1n) is 9.64. The number of benzene rings is 2. The van der Waals surface area contributed by atoms with E-state index in [9.17, 15) is 4.79 Å². The summed E-state index contributed by atoms with van der Waals surface area (Å²) in [7, 11) is 4.78. The van der Waals surface area contributed by atoms with Gasteiger partial charge in [0.1, 0.15) is 24.4 Å². The van der Waals surface area contributed by atoms with Crippen LogP contribution in [0.4, 0.5) is 5.95 Å². The van der Waals surface area contributed by atoms with E-state index in [-0.39, 0.29) is 24.6 Å². The predicted octanol–water partition coefficient (Wildman–Crippen LogP) is 3.01. The van der Waals surface area contributed by atoms with Crippen LogP contribution in [-0.4, -0.2) is 48.6 Å². The SMILES string of the molecule is COCC(=O)N1c2ncnn2[C@H](c2ccc(OC)cc2)C[C@@H]1c1ccc(OC)cc1. The summed E-state index contributed by atoms with van der Waals surface area (Å²) in [6.07, 6.45) is 2.12.